The van der Waals surface area contributed by atoms with Crippen molar-refractivity contribution in [1.82, 2.24) is 9.80 Å². The number of hydrogen-bond acceptors (Lipinski definition) is 3. The molecule has 0 saturated carbocycles. The third kappa shape index (κ3) is 3.80. The molecule has 88 valence electrons. The summed E-state index contributed by atoms with van der Waals surface area (Å²) in [4.78, 5) is 15.6. The Morgan fingerprint density at radius 3 is 2.13 bits per heavy atom. The molecule has 0 radical (unpaired) electrons. The van der Waals surface area contributed by atoms with Crippen LogP contribution in [0.15, 0.2) is 0 Å². The maximum atomic E-state index is 11.0. The van der Waals surface area contributed by atoms with E-state index in [2.05, 4.69) is 23.6 Å². The van der Waals surface area contributed by atoms with Gasteiger partial charge in [-0.15, -0.1) is 0 Å². The van der Waals surface area contributed by atoms with Crippen molar-refractivity contribution in [3.63, 3.8) is 0 Å². The van der Waals surface area contributed by atoms with Crippen molar-refractivity contribution >= 4 is 5.91 Å². The van der Waals surface area contributed by atoms with Crippen LogP contribution < -0.4 is 5.73 Å². The van der Waals surface area contributed by atoms with Crippen LogP contribution in [-0.4, -0.2) is 54.5 Å². The first-order valence-electron chi connectivity index (χ1n) is 5.76. The van der Waals surface area contributed by atoms with E-state index >= 15 is 0 Å². The normalized spacial score (nSPS) is 21.9. The van der Waals surface area contributed by atoms with Gasteiger partial charge in [0.25, 0.3) is 0 Å². The molecule has 0 aromatic rings. The summed E-state index contributed by atoms with van der Waals surface area (Å²) in [5.74, 6) is 0.498. The lowest BCUT2D eigenvalue weighted by Crippen LogP contribution is -2.53. The second-order valence-corrected chi connectivity index (χ2v) is 4.81. The molecule has 4 heteroatoms. The van der Waals surface area contributed by atoms with Gasteiger partial charge in [-0.25, -0.2) is 0 Å². The molecule has 1 saturated heterocycles. The molecule has 1 heterocycles. The van der Waals surface area contributed by atoms with Gasteiger partial charge in [-0.1, -0.05) is 13.8 Å². The molecule has 1 aliphatic heterocycles. The molecule has 0 aromatic carbocycles. The fourth-order valence-electron chi connectivity index (χ4n) is 2.03. The van der Waals surface area contributed by atoms with Gasteiger partial charge in [0.1, 0.15) is 0 Å². The molecule has 15 heavy (non-hydrogen) atoms. The highest BCUT2D eigenvalue weighted by atomic mass is 16.1. The number of carbonyl (C=O) groups excluding carboxylic acids is 1. The first kappa shape index (κ1) is 12.5. The van der Waals surface area contributed by atoms with Gasteiger partial charge in [0.2, 0.25) is 5.91 Å². The lowest BCUT2D eigenvalue weighted by atomic mass is 10.1. The Morgan fingerprint density at radius 1 is 1.20 bits per heavy atom. The van der Waals surface area contributed by atoms with Gasteiger partial charge in [0, 0.05) is 32.7 Å². The number of carbonyl (C=O) groups is 1. The zero-order valence-electron chi connectivity index (χ0n) is 10.1. The predicted octanol–water partition coefficient (Wildman–Crippen LogP) is 0.134. The average molecular weight is 213 g/mol. The minimum atomic E-state index is -0.215. The van der Waals surface area contributed by atoms with Crippen LogP contribution >= 0.6 is 0 Å². The van der Waals surface area contributed by atoms with E-state index in [1.54, 1.807) is 0 Å². The van der Waals surface area contributed by atoms with E-state index in [9.17, 15) is 4.79 Å². The van der Waals surface area contributed by atoms with Gasteiger partial charge in [-0.05, 0) is 12.8 Å². The molecule has 1 amide bonds. The number of rotatable bonds is 4. The number of nitrogens with zero attached hydrogens (tertiary/aromatic N) is 2. The number of piperazine rings is 1. The molecule has 0 aliphatic carbocycles. The Bertz CT molecular complexity index is 210. The highest BCUT2D eigenvalue weighted by Gasteiger charge is 2.23. The molecule has 1 fully saturated rings. The molecule has 1 aliphatic rings. The Hall–Kier alpha value is -0.610. The molecule has 2 N–H and O–H groups in total. The zero-order valence-corrected chi connectivity index (χ0v) is 10.1. The molecule has 1 unspecified atom stereocenters. The fraction of sp³-hybridized carbons (Fsp3) is 0.909. The van der Waals surface area contributed by atoms with Gasteiger partial charge in [-0.3, -0.25) is 9.69 Å². The lowest BCUT2D eigenvalue weighted by Gasteiger charge is -2.37. The summed E-state index contributed by atoms with van der Waals surface area (Å²) in [6, 6.07) is -0.119. The Labute approximate surface area is 92.4 Å². The maximum absolute atomic E-state index is 11.0. The summed E-state index contributed by atoms with van der Waals surface area (Å²) in [7, 11) is 0. The molecule has 1 rings (SSSR count). The molecular formula is C11H23N3O. The topological polar surface area (TPSA) is 49.6 Å². The second kappa shape index (κ2) is 5.47. The Morgan fingerprint density at radius 2 is 1.73 bits per heavy atom. The third-order valence-corrected chi connectivity index (χ3v) is 2.99. The van der Waals surface area contributed by atoms with Gasteiger partial charge in [-0.2, -0.15) is 0 Å². The van der Waals surface area contributed by atoms with E-state index < -0.39 is 0 Å². The van der Waals surface area contributed by atoms with E-state index in [-0.39, 0.29) is 11.9 Å². The van der Waals surface area contributed by atoms with Crippen molar-refractivity contribution in [2.75, 3.05) is 32.7 Å². The molecule has 0 aromatic heterocycles. The summed E-state index contributed by atoms with van der Waals surface area (Å²) in [5.41, 5.74) is 5.29. The quantitative estimate of drug-likeness (QED) is 0.722. The van der Waals surface area contributed by atoms with Gasteiger partial charge >= 0.3 is 0 Å². The van der Waals surface area contributed by atoms with Crippen molar-refractivity contribution in [3.8, 4) is 0 Å². The first-order valence-corrected chi connectivity index (χ1v) is 5.76. The lowest BCUT2D eigenvalue weighted by molar-refractivity contribution is -0.123. The standard InChI is InChI=1S/C11H23N3O/c1-9(2)8-13-4-6-14(7-5-13)10(3)11(12)15/h9-10H,4-8H2,1-3H3,(H2,12,15). The summed E-state index contributed by atoms with van der Waals surface area (Å²) in [5, 5.41) is 0. The SMILES string of the molecule is CC(C)CN1CCN(C(C)C(N)=O)CC1. The molecule has 0 spiro atoms. The Kier molecular flexibility index (Phi) is 4.54. The van der Waals surface area contributed by atoms with E-state index in [1.807, 2.05) is 6.92 Å². The number of nitrogens with two attached hydrogens (primary N) is 1. The minimum Gasteiger partial charge on any atom is -0.368 e. The summed E-state index contributed by atoms with van der Waals surface area (Å²) in [6.45, 7) is 11.5. The van der Waals surface area contributed by atoms with Crippen molar-refractivity contribution < 1.29 is 4.79 Å². The van der Waals surface area contributed by atoms with Gasteiger partial charge in [0.05, 0.1) is 6.04 Å². The van der Waals surface area contributed by atoms with Crippen molar-refractivity contribution in [2.24, 2.45) is 11.7 Å². The molecule has 4 nitrogen and oxygen atoms in total. The van der Waals surface area contributed by atoms with Crippen molar-refractivity contribution in [3.05, 3.63) is 0 Å². The number of hydrogen-bond donors (Lipinski definition) is 1. The smallest absolute Gasteiger partial charge is 0.234 e. The highest BCUT2D eigenvalue weighted by Crippen LogP contribution is 2.07. The Balaban J connectivity index is 2.32. The highest BCUT2D eigenvalue weighted by molar-refractivity contribution is 5.79. The maximum Gasteiger partial charge on any atom is 0.234 e. The average Bonchev–Trinajstić information content (AvgIpc) is 2.17. The fourth-order valence-corrected chi connectivity index (χ4v) is 2.03. The third-order valence-electron chi connectivity index (χ3n) is 2.99. The monoisotopic (exact) mass is 213 g/mol. The van der Waals surface area contributed by atoms with Crippen LogP contribution in [0.4, 0.5) is 0 Å². The summed E-state index contributed by atoms with van der Waals surface area (Å²) < 4.78 is 0. The summed E-state index contributed by atoms with van der Waals surface area (Å²) >= 11 is 0. The largest absolute Gasteiger partial charge is 0.368 e. The van der Waals surface area contributed by atoms with E-state index in [1.165, 1.54) is 0 Å². The van der Waals surface area contributed by atoms with E-state index in [0.29, 0.717) is 5.92 Å². The van der Waals surface area contributed by atoms with Crippen molar-refractivity contribution in [1.29, 1.82) is 0 Å². The first-order chi connectivity index (χ1) is 7.00. The van der Waals surface area contributed by atoms with Crippen LogP contribution in [0, 0.1) is 5.92 Å². The van der Waals surface area contributed by atoms with Crippen LogP contribution in [0.3, 0.4) is 0 Å². The molecular weight excluding hydrogens is 190 g/mol. The zero-order chi connectivity index (χ0) is 11.4. The number of amides is 1. The van der Waals surface area contributed by atoms with E-state index in [0.717, 1.165) is 32.7 Å². The second-order valence-electron chi connectivity index (χ2n) is 4.81. The predicted molar refractivity (Wildman–Crippen MR) is 61.5 cm³/mol. The molecule has 1 atom stereocenters. The number of primary amides is 1. The van der Waals surface area contributed by atoms with Crippen LogP contribution in [0.1, 0.15) is 20.8 Å². The van der Waals surface area contributed by atoms with Gasteiger partial charge < -0.3 is 10.6 Å². The van der Waals surface area contributed by atoms with Crippen LogP contribution in [0.2, 0.25) is 0 Å². The van der Waals surface area contributed by atoms with Crippen molar-refractivity contribution in [2.45, 2.75) is 26.8 Å². The van der Waals surface area contributed by atoms with Crippen LogP contribution in [0.25, 0.3) is 0 Å². The minimum absolute atomic E-state index is 0.119. The van der Waals surface area contributed by atoms with Gasteiger partial charge in [0.15, 0.2) is 0 Å². The van der Waals surface area contributed by atoms with Crippen LogP contribution in [0.5, 0.6) is 0 Å². The van der Waals surface area contributed by atoms with E-state index in [4.69, 9.17) is 5.73 Å². The molecule has 0 bridgehead atoms. The van der Waals surface area contributed by atoms with Crippen LogP contribution in [-0.2, 0) is 4.79 Å². The summed E-state index contributed by atoms with van der Waals surface area (Å²) in [6.07, 6.45) is 0.